The lowest BCUT2D eigenvalue weighted by molar-refractivity contribution is -0.0125. The van der Waals surface area contributed by atoms with E-state index in [1.807, 2.05) is 0 Å². The smallest absolute Gasteiger partial charge is 0.211 e. The molecule has 2 aliphatic rings. The number of hydrogen-bond donors (Lipinski definition) is 2. The van der Waals surface area contributed by atoms with Gasteiger partial charge in [0.25, 0.3) is 0 Å². The summed E-state index contributed by atoms with van der Waals surface area (Å²) in [6.45, 7) is 4.89. The number of sulfonamides is 1. The first-order valence-corrected chi connectivity index (χ1v) is 10.0. The average Bonchev–Trinajstić information content (AvgIpc) is 2.37. The summed E-state index contributed by atoms with van der Waals surface area (Å²) < 4.78 is 24.8. The molecule has 0 radical (unpaired) electrons. The Morgan fingerprint density at radius 1 is 1.33 bits per heavy atom. The lowest BCUT2D eigenvalue weighted by Crippen LogP contribution is -2.47. The van der Waals surface area contributed by atoms with Gasteiger partial charge in [0.05, 0.1) is 11.9 Å². The van der Waals surface area contributed by atoms with Crippen molar-refractivity contribution in [2.45, 2.75) is 51.0 Å². The maximum absolute atomic E-state index is 11.6. The van der Waals surface area contributed by atoms with Gasteiger partial charge in [-0.3, -0.25) is 0 Å². The average molecular weight is 318 g/mol. The van der Waals surface area contributed by atoms with Crippen LogP contribution in [0.2, 0.25) is 0 Å². The first-order valence-electron chi connectivity index (χ1n) is 8.17. The third kappa shape index (κ3) is 5.20. The Morgan fingerprint density at radius 3 is 2.76 bits per heavy atom. The van der Waals surface area contributed by atoms with Gasteiger partial charge in [0.15, 0.2) is 0 Å². The van der Waals surface area contributed by atoms with E-state index >= 15 is 0 Å². The number of hydrogen-bond acceptors (Lipinski definition) is 4. The zero-order valence-electron chi connectivity index (χ0n) is 13.3. The van der Waals surface area contributed by atoms with E-state index in [1.54, 1.807) is 4.31 Å². The molecule has 1 saturated carbocycles. The molecule has 1 heterocycles. The summed E-state index contributed by atoms with van der Waals surface area (Å²) in [4.78, 5) is 0. The molecule has 1 aliphatic heterocycles. The summed E-state index contributed by atoms with van der Waals surface area (Å²) in [6.07, 6.45) is 7.35. The van der Waals surface area contributed by atoms with E-state index in [9.17, 15) is 13.5 Å². The van der Waals surface area contributed by atoms with Crippen molar-refractivity contribution in [2.75, 3.05) is 32.4 Å². The molecule has 0 aromatic rings. The van der Waals surface area contributed by atoms with Crippen LogP contribution in [0.3, 0.4) is 0 Å². The largest absolute Gasteiger partial charge is 0.389 e. The number of aliphatic hydroxyl groups is 1. The fourth-order valence-corrected chi connectivity index (χ4v) is 4.74. The molecule has 3 unspecified atom stereocenters. The molecule has 6 heteroatoms. The fourth-order valence-electron chi connectivity index (χ4n) is 3.80. The molecule has 0 bridgehead atoms. The quantitative estimate of drug-likeness (QED) is 0.799. The molecule has 1 saturated heterocycles. The molecule has 21 heavy (non-hydrogen) atoms. The lowest BCUT2D eigenvalue weighted by Gasteiger charge is -2.37. The highest BCUT2D eigenvalue weighted by Gasteiger charge is 2.32. The summed E-state index contributed by atoms with van der Waals surface area (Å²) in [5, 5.41) is 14.0. The van der Waals surface area contributed by atoms with Crippen molar-refractivity contribution in [3.05, 3.63) is 0 Å². The van der Waals surface area contributed by atoms with Crippen molar-refractivity contribution >= 4 is 10.0 Å². The Hall–Kier alpha value is -0.170. The van der Waals surface area contributed by atoms with Gasteiger partial charge in [0.2, 0.25) is 10.0 Å². The maximum Gasteiger partial charge on any atom is 0.211 e. The van der Waals surface area contributed by atoms with Crippen molar-refractivity contribution in [3.8, 4) is 0 Å². The normalized spacial score (nSPS) is 35.8. The second kappa shape index (κ2) is 6.94. The van der Waals surface area contributed by atoms with Crippen molar-refractivity contribution in [1.29, 1.82) is 0 Å². The third-order valence-electron chi connectivity index (χ3n) is 4.91. The number of nitrogens with one attached hydrogen (secondary N) is 1. The second-order valence-electron chi connectivity index (χ2n) is 7.19. The molecule has 1 aliphatic carbocycles. The van der Waals surface area contributed by atoms with Gasteiger partial charge in [-0.25, -0.2) is 12.7 Å². The molecule has 0 spiro atoms. The molecule has 2 N–H and O–H groups in total. The molecule has 0 amide bonds. The minimum Gasteiger partial charge on any atom is -0.389 e. The summed E-state index contributed by atoms with van der Waals surface area (Å²) in [7, 11) is -3.07. The Bertz CT molecular complexity index is 440. The highest BCUT2D eigenvalue weighted by molar-refractivity contribution is 7.88. The van der Waals surface area contributed by atoms with Crippen molar-refractivity contribution in [1.82, 2.24) is 9.62 Å². The van der Waals surface area contributed by atoms with Crippen LogP contribution in [0.5, 0.6) is 0 Å². The summed E-state index contributed by atoms with van der Waals surface area (Å²) >= 11 is 0. The third-order valence-corrected chi connectivity index (χ3v) is 6.17. The van der Waals surface area contributed by atoms with Gasteiger partial charge in [-0.05, 0) is 44.1 Å². The van der Waals surface area contributed by atoms with E-state index in [4.69, 9.17) is 0 Å². The van der Waals surface area contributed by atoms with Crippen LogP contribution in [-0.4, -0.2) is 55.9 Å². The minimum atomic E-state index is -3.07. The van der Waals surface area contributed by atoms with Crippen LogP contribution >= 0.6 is 0 Å². The molecule has 2 fully saturated rings. The van der Waals surface area contributed by atoms with Crippen LogP contribution in [0.4, 0.5) is 0 Å². The summed E-state index contributed by atoms with van der Waals surface area (Å²) in [5.74, 6) is 0.957. The van der Waals surface area contributed by atoms with Gasteiger partial charge in [-0.2, -0.15) is 0 Å². The van der Waals surface area contributed by atoms with Crippen molar-refractivity contribution in [3.63, 3.8) is 0 Å². The van der Waals surface area contributed by atoms with E-state index in [-0.39, 0.29) is 0 Å². The van der Waals surface area contributed by atoms with E-state index in [2.05, 4.69) is 12.2 Å². The number of rotatable bonds is 5. The molecule has 0 aromatic carbocycles. The van der Waals surface area contributed by atoms with Crippen molar-refractivity contribution < 1.29 is 13.5 Å². The molecule has 0 aromatic heterocycles. The molecule has 124 valence electrons. The highest BCUT2D eigenvalue weighted by atomic mass is 32.2. The fraction of sp³-hybridized carbons (Fsp3) is 1.00. The van der Waals surface area contributed by atoms with Crippen LogP contribution in [0, 0.1) is 11.8 Å². The monoisotopic (exact) mass is 318 g/mol. The molecule has 5 nitrogen and oxygen atoms in total. The van der Waals surface area contributed by atoms with E-state index < -0.39 is 15.6 Å². The van der Waals surface area contributed by atoms with Crippen LogP contribution in [-0.2, 0) is 10.0 Å². The molecule has 2 rings (SSSR count). The zero-order valence-corrected chi connectivity index (χ0v) is 14.2. The highest BCUT2D eigenvalue weighted by Crippen LogP contribution is 2.31. The Balaban J connectivity index is 1.75. The Kier molecular flexibility index (Phi) is 5.68. The Labute approximate surface area is 129 Å². The van der Waals surface area contributed by atoms with E-state index in [1.165, 1.54) is 12.7 Å². The van der Waals surface area contributed by atoms with E-state index in [0.717, 1.165) is 38.6 Å². The maximum atomic E-state index is 11.6. The van der Waals surface area contributed by atoms with Crippen LogP contribution in [0.1, 0.15) is 45.4 Å². The van der Waals surface area contributed by atoms with Crippen molar-refractivity contribution in [2.24, 2.45) is 11.8 Å². The van der Waals surface area contributed by atoms with Gasteiger partial charge in [-0.15, -0.1) is 0 Å². The first-order chi connectivity index (χ1) is 9.78. The predicted molar refractivity (Wildman–Crippen MR) is 84.6 cm³/mol. The second-order valence-corrected chi connectivity index (χ2v) is 9.17. The first kappa shape index (κ1) is 17.2. The minimum absolute atomic E-state index is 0.359. The van der Waals surface area contributed by atoms with Crippen LogP contribution in [0.25, 0.3) is 0 Å². The van der Waals surface area contributed by atoms with Gasteiger partial charge in [0, 0.05) is 19.6 Å². The Morgan fingerprint density at radius 2 is 2.10 bits per heavy atom. The van der Waals surface area contributed by atoms with Gasteiger partial charge < -0.3 is 10.4 Å². The lowest BCUT2D eigenvalue weighted by atomic mass is 9.79. The molecular formula is C15H30N2O3S. The topological polar surface area (TPSA) is 69.6 Å². The zero-order chi connectivity index (χ0) is 15.5. The van der Waals surface area contributed by atoms with Crippen LogP contribution in [0.15, 0.2) is 0 Å². The summed E-state index contributed by atoms with van der Waals surface area (Å²) in [5.41, 5.74) is -0.567. The van der Waals surface area contributed by atoms with Crippen LogP contribution < -0.4 is 5.32 Å². The van der Waals surface area contributed by atoms with Gasteiger partial charge in [-0.1, -0.05) is 19.8 Å². The van der Waals surface area contributed by atoms with Gasteiger partial charge >= 0.3 is 0 Å². The number of piperidine rings is 1. The SMILES string of the molecule is CC1CCCC(O)(CNCC2CCCN(S(C)(=O)=O)C2)C1. The predicted octanol–water partition coefficient (Wildman–Crippen LogP) is 1.19. The molecule has 3 atom stereocenters. The number of nitrogens with zero attached hydrogens (tertiary/aromatic N) is 1. The standard InChI is InChI=1S/C15H30N2O3S/c1-13-5-3-7-15(18,9-13)12-16-10-14-6-4-8-17(11-14)21(2,19)20/h13-14,16,18H,3-12H2,1-2H3. The molecular weight excluding hydrogens is 288 g/mol. The van der Waals surface area contributed by atoms with E-state index in [0.29, 0.717) is 31.5 Å². The van der Waals surface area contributed by atoms with Gasteiger partial charge in [0.1, 0.15) is 0 Å². The summed E-state index contributed by atoms with van der Waals surface area (Å²) in [6, 6.07) is 0.